The van der Waals surface area contributed by atoms with E-state index in [1.54, 1.807) is 12.1 Å². The van der Waals surface area contributed by atoms with Crippen molar-refractivity contribution in [2.75, 3.05) is 5.75 Å². The molecule has 9 nitrogen and oxygen atoms in total. The third kappa shape index (κ3) is 6.09. The van der Waals surface area contributed by atoms with Crippen LogP contribution in [0.1, 0.15) is 11.1 Å². The number of amides is 1. The average Bonchev–Trinajstić information content (AvgIpc) is 3.28. The number of thioether (sulfide) groups is 1. The fourth-order valence-corrected chi connectivity index (χ4v) is 4.19. The molecule has 1 heterocycles. The molecule has 0 aliphatic heterocycles. The number of aromatic nitrogens is 3. The van der Waals surface area contributed by atoms with E-state index in [0.29, 0.717) is 21.6 Å². The molecule has 12 heteroatoms. The van der Waals surface area contributed by atoms with Gasteiger partial charge in [-0.05, 0) is 49.4 Å². The van der Waals surface area contributed by atoms with Gasteiger partial charge in [-0.25, -0.2) is 5.43 Å². The van der Waals surface area contributed by atoms with Gasteiger partial charge in [0.2, 0.25) is 0 Å². The number of benzene rings is 3. The highest BCUT2D eigenvalue weighted by Gasteiger charge is 2.17. The van der Waals surface area contributed by atoms with E-state index < -0.39 is 10.8 Å². The number of nitrogens with zero attached hydrogens (tertiary/aromatic N) is 5. The summed E-state index contributed by atoms with van der Waals surface area (Å²) in [5, 5.41) is 24.9. The first-order chi connectivity index (χ1) is 17.3. The Bertz CT molecular complexity index is 1440. The molecule has 0 aliphatic rings. The van der Waals surface area contributed by atoms with Crippen LogP contribution in [0, 0.1) is 17.0 Å². The maximum atomic E-state index is 12.4. The predicted octanol–water partition coefficient (Wildman–Crippen LogP) is 5.70. The largest absolute Gasteiger partial charge is 0.272 e. The van der Waals surface area contributed by atoms with Gasteiger partial charge in [0.05, 0.1) is 16.9 Å². The number of carbonyl (C=O) groups excluding carboxylic acids is 1. The van der Waals surface area contributed by atoms with Crippen molar-refractivity contribution >= 4 is 52.8 Å². The third-order valence-corrected chi connectivity index (χ3v) is 6.47. The van der Waals surface area contributed by atoms with Crippen LogP contribution in [0.3, 0.4) is 0 Å². The van der Waals surface area contributed by atoms with Crippen LogP contribution in [0.5, 0.6) is 0 Å². The number of nitro benzene ring substituents is 1. The van der Waals surface area contributed by atoms with Crippen molar-refractivity contribution in [3.8, 4) is 17.1 Å². The minimum atomic E-state index is -0.536. The Morgan fingerprint density at radius 3 is 2.53 bits per heavy atom. The quantitative estimate of drug-likeness (QED) is 0.132. The Morgan fingerprint density at radius 2 is 1.83 bits per heavy atom. The molecule has 0 atom stereocenters. The first kappa shape index (κ1) is 25.4. The van der Waals surface area contributed by atoms with Gasteiger partial charge >= 0.3 is 0 Å². The molecule has 0 spiro atoms. The van der Waals surface area contributed by atoms with Crippen molar-refractivity contribution in [1.82, 2.24) is 20.2 Å². The van der Waals surface area contributed by atoms with Crippen LogP contribution in [0.4, 0.5) is 5.69 Å². The van der Waals surface area contributed by atoms with Gasteiger partial charge in [-0.15, -0.1) is 10.2 Å². The summed E-state index contributed by atoms with van der Waals surface area (Å²) in [5.41, 5.74) is 5.35. The van der Waals surface area contributed by atoms with E-state index in [4.69, 9.17) is 23.2 Å². The first-order valence-corrected chi connectivity index (χ1v) is 12.2. The van der Waals surface area contributed by atoms with Crippen LogP contribution in [0.15, 0.2) is 77.0 Å². The van der Waals surface area contributed by atoms with Gasteiger partial charge in [0.15, 0.2) is 11.0 Å². The van der Waals surface area contributed by atoms with Crippen molar-refractivity contribution in [3.63, 3.8) is 0 Å². The molecule has 0 unspecified atom stereocenters. The van der Waals surface area contributed by atoms with E-state index >= 15 is 0 Å². The number of hydrogen-bond acceptors (Lipinski definition) is 7. The monoisotopic (exact) mass is 540 g/mol. The molecule has 0 aliphatic carbocycles. The second-order valence-corrected chi connectivity index (χ2v) is 9.31. The maximum Gasteiger partial charge on any atom is 0.270 e. The highest BCUT2D eigenvalue weighted by Crippen LogP contribution is 2.29. The van der Waals surface area contributed by atoms with Crippen molar-refractivity contribution in [3.05, 3.63) is 98.0 Å². The molecule has 1 aromatic heterocycles. The number of non-ortho nitro benzene ring substituents is 1. The zero-order valence-corrected chi connectivity index (χ0v) is 21.1. The van der Waals surface area contributed by atoms with Crippen molar-refractivity contribution in [2.24, 2.45) is 5.10 Å². The number of hydrogen-bond donors (Lipinski definition) is 1. The van der Waals surface area contributed by atoms with Crippen molar-refractivity contribution < 1.29 is 9.72 Å². The van der Waals surface area contributed by atoms with Gasteiger partial charge in [0.1, 0.15) is 0 Å². The molecule has 36 heavy (non-hydrogen) atoms. The number of halogens is 2. The lowest BCUT2D eigenvalue weighted by Gasteiger charge is -2.10. The summed E-state index contributed by atoms with van der Waals surface area (Å²) in [6.07, 6.45) is 1.26. The maximum absolute atomic E-state index is 12.4. The standard InChI is InChI=1S/C24H18Cl2N6O3S/c1-15-2-8-19(9-3-15)31-23(16-4-6-18(25)7-5-16)29-30-24(31)36-14-22(33)28-27-13-17-12-20(32(34)35)10-11-21(17)26/h2-13H,14H2,1H3,(H,28,33). The summed E-state index contributed by atoms with van der Waals surface area (Å²) in [5.74, 6) is 0.214. The smallest absolute Gasteiger partial charge is 0.270 e. The molecule has 3 aromatic carbocycles. The molecule has 0 saturated heterocycles. The van der Waals surface area contributed by atoms with Crippen LogP contribution < -0.4 is 5.43 Å². The molecular formula is C24H18Cl2N6O3S. The zero-order chi connectivity index (χ0) is 25.7. The summed E-state index contributed by atoms with van der Waals surface area (Å²) in [4.78, 5) is 22.8. The number of nitro groups is 1. The van der Waals surface area contributed by atoms with E-state index in [1.807, 2.05) is 47.9 Å². The van der Waals surface area contributed by atoms with E-state index in [-0.39, 0.29) is 16.5 Å². The van der Waals surface area contributed by atoms with E-state index in [1.165, 1.54) is 36.2 Å². The predicted molar refractivity (Wildman–Crippen MR) is 141 cm³/mol. The fourth-order valence-electron chi connectivity index (χ4n) is 3.16. The number of hydrazone groups is 1. The van der Waals surface area contributed by atoms with Gasteiger partial charge in [-0.1, -0.05) is 52.7 Å². The Hall–Kier alpha value is -3.73. The Labute approximate surface area is 220 Å². The van der Waals surface area contributed by atoms with Gasteiger partial charge in [-0.2, -0.15) is 5.10 Å². The van der Waals surface area contributed by atoms with Crippen LogP contribution >= 0.6 is 35.0 Å². The molecule has 4 aromatic rings. The average molecular weight is 541 g/mol. The van der Waals surface area contributed by atoms with Gasteiger partial charge in [-0.3, -0.25) is 19.5 Å². The topological polar surface area (TPSA) is 115 Å². The van der Waals surface area contributed by atoms with Crippen molar-refractivity contribution in [1.29, 1.82) is 0 Å². The SMILES string of the molecule is Cc1ccc(-n2c(SCC(=O)NN=Cc3cc([N+](=O)[O-])ccc3Cl)nnc2-c2ccc(Cl)cc2)cc1. The molecule has 0 saturated carbocycles. The minimum absolute atomic E-state index is 0.00459. The second kappa shape index (κ2) is 11.3. The zero-order valence-electron chi connectivity index (χ0n) is 18.8. The Morgan fingerprint density at radius 1 is 1.11 bits per heavy atom. The molecule has 4 rings (SSSR count). The lowest BCUT2D eigenvalue weighted by atomic mass is 10.2. The summed E-state index contributed by atoms with van der Waals surface area (Å²) < 4.78 is 1.87. The molecule has 1 amide bonds. The lowest BCUT2D eigenvalue weighted by molar-refractivity contribution is -0.384. The fraction of sp³-hybridized carbons (Fsp3) is 0.0833. The highest BCUT2D eigenvalue weighted by atomic mass is 35.5. The molecule has 1 N–H and O–H groups in total. The van der Waals surface area contributed by atoms with Gasteiger partial charge in [0, 0.05) is 39.0 Å². The summed E-state index contributed by atoms with van der Waals surface area (Å²) in [7, 11) is 0. The Kier molecular flexibility index (Phi) is 7.99. The molecule has 0 bridgehead atoms. The van der Waals surface area contributed by atoms with E-state index in [2.05, 4.69) is 20.7 Å². The Balaban J connectivity index is 1.50. The summed E-state index contributed by atoms with van der Waals surface area (Å²) in [6, 6.07) is 19.1. The highest BCUT2D eigenvalue weighted by molar-refractivity contribution is 7.99. The lowest BCUT2D eigenvalue weighted by Crippen LogP contribution is -2.20. The van der Waals surface area contributed by atoms with Crippen LogP contribution in [0.25, 0.3) is 17.1 Å². The van der Waals surface area contributed by atoms with E-state index in [0.717, 1.165) is 16.8 Å². The summed E-state index contributed by atoms with van der Waals surface area (Å²) in [6.45, 7) is 2.00. The van der Waals surface area contributed by atoms with Crippen molar-refractivity contribution in [2.45, 2.75) is 12.1 Å². The number of aryl methyl sites for hydroxylation is 1. The normalized spacial score (nSPS) is 11.1. The minimum Gasteiger partial charge on any atom is -0.272 e. The third-order valence-electron chi connectivity index (χ3n) is 4.94. The van der Waals surface area contributed by atoms with Crippen LogP contribution in [-0.2, 0) is 4.79 Å². The van der Waals surface area contributed by atoms with Gasteiger partial charge in [0.25, 0.3) is 11.6 Å². The summed E-state index contributed by atoms with van der Waals surface area (Å²) >= 11 is 13.3. The first-order valence-electron chi connectivity index (χ1n) is 10.5. The molecular weight excluding hydrogens is 523 g/mol. The molecule has 0 fully saturated rings. The number of rotatable bonds is 8. The molecule has 182 valence electrons. The van der Waals surface area contributed by atoms with Gasteiger partial charge < -0.3 is 0 Å². The van der Waals surface area contributed by atoms with E-state index in [9.17, 15) is 14.9 Å². The second-order valence-electron chi connectivity index (χ2n) is 7.53. The van der Waals surface area contributed by atoms with Crippen LogP contribution in [0.2, 0.25) is 10.0 Å². The number of nitrogens with one attached hydrogen (secondary N) is 1. The molecule has 0 radical (unpaired) electrons. The number of carbonyl (C=O) groups is 1. The van der Waals surface area contributed by atoms with Crippen LogP contribution in [-0.4, -0.2) is 37.6 Å².